The van der Waals surface area contributed by atoms with Crippen LogP contribution in [0.25, 0.3) is 0 Å². The molecular formula is C19H23NO3. The van der Waals surface area contributed by atoms with E-state index in [0.29, 0.717) is 5.92 Å². The number of aromatic hydroxyl groups is 1. The van der Waals surface area contributed by atoms with Gasteiger partial charge in [-0.15, -0.1) is 0 Å². The third kappa shape index (κ3) is 3.61. The predicted octanol–water partition coefficient (Wildman–Crippen LogP) is 3.39. The number of phenols is 1. The number of benzene rings is 1. The van der Waals surface area contributed by atoms with Crippen molar-refractivity contribution in [3.05, 3.63) is 29.8 Å². The molecule has 0 unspecified atom stereocenters. The molecule has 1 spiro atoms. The second-order valence-corrected chi connectivity index (χ2v) is 7.76. The molecule has 23 heavy (non-hydrogen) atoms. The summed E-state index contributed by atoms with van der Waals surface area (Å²) in [6.45, 7) is 7.24. The number of likely N-dealkylation sites (tertiary alicyclic amines) is 1. The van der Waals surface area contributed by atoms with Crippen LogP contribution in [0.1, 0.15) is 39.2 Å². The van der Waals surface area contributed by atoms with Gasteiger partial charge in [-0.1, -0.05) is 11.8 Å². The van der Waals surface area contributed by atoms with Gasteiger partial charge in [-0.25, -0.2) is 4.79 Å². The molecule has 4 heteroatoms. The highest BCUT2D eigenvalue weighted by Gasteiger charge is 2.53. The summed E-state index contributed by atoms with van der Waals surface area (Å²) >= 11 is 0. The van der Waals surface area contributed by atoms with Crippen LogP contribution in [-0.4, -0.2) is 34.8 Å². The Bertz CT molecular complexity index is 647. The highest BCUT2D eigenvalue weighted by atomic mass is 16.6. The molecule has 2 fully saturated rings. The van der Waals surface area contributed by atoms with Gasteiger partial charge < -0.3 is 14.7 Å². The molecule has 1 N–H and O–H groups in total. The zero-order valence-electron chi connectivity index (χ0n) is 13.9. The van der Waals surface area contributed by atoms with Crippen LogP contribution in [0.3, 0.4) is 0 Å². The van der Waals surface area contributed by atoms with Crippen molar-refractivity contribution in [1.82, 2.24) is 4.90 Å². The molecule has 122 valence electrons. The van der Waals surface area contributed by atoms with Gasteiger partial charge in [0.2, 0.25) is 0 Å². The Morgan fingerprint density at radius 3 is 2.43 bits per heavy atom. The van der Waals surface area contributed by atoms with Gasteiger partial charge in [0, 0.05) is 30.0 Å². The zero-order chi connectivity index (χ0) is 16.7. The second-order valence-electron chi connectivity index (χ2n) is 7.76. The molecule has 0 aromatic heterocycles. The molecule has 1 heterocycles. The highest BCUT2D eigenvalue weighted by Crippen LogP contribution is 2.51. The van der Waals surface area contributed by atoms with Gasteiger partial charge >= 0.3 is 6.09 Å². The van der Waals surface area contributed by atoms with E-state index in [9.17, 15) is 9.90 Å². The maximum absolute atomic E-state index is 11.9. The Balaban J connectivity index is 1.46. The van der Waals surface area contributed by atoms with Crippen LogP contribution >= 0.6 is 0 Å². The molecule has 1 saturated carbocycles. The van der Waals surface area contributed by atoms with E-state index in [0.717, 1.165) is 31.5 Å². The average Bonchev–Trinajstić information content (AvgIpc) is 2.35. The second kappa shape index (κ2) is 5.49. The molecule has 4 nitrogen and oxygen atoms in total. The average molecular weight is 313 g/mol. The van der Waals surface area contributed by atoms with Gasteiger partial charge in [0.05, 0.1) is 0 Å². The third-order valence-corrected chi connectivity index (χ3v) is 4.35. The number of hydrogen-bond donors (Lipinski definition) is 1. The third-order valence-electron chi connectivity index (χ3n) is 4.35. The van der Waals surface area contributed by atoms with Crippen molar-refractivity contribution in [1.29, 1.82) is 0 Å². The molecule has 0 bridgehead atoms. The van der Waals surface area contributed by atoms with Gasteiger partial charge in [0.1, 0.15) is 11.4 Å². The fourth-order valence-corrected chi connectivity index (χ4v) is 3.30. The van der Waals surface area contributed by atoms with Crippen molar-refractivity contribution in [2.24, 2.45) is 11.3 Å². The topological polar surface area (TPSA) is 49.8 Å². The van der Waals surface area contributed by atoms with Gasteiger partial charge in [-0.3, -0.25) is 0 Å². The van der Waals surface area contributed by atoms with Gasteiger partial charge in [0.15, 0.2) is 0 Å². The molecular weight excluding hydrogens is 290 g/mol. The zero-order valence-corrected chi connectivity index (χ0v) is 13.9. The summed E-state index contributed by atoms with van der Waals surface area (Å²) in [6, 6.07) is 6.95. The summed E-state index contributed by atoms with van der Waals surface area (Å²) < 4.78 is 5.38. The Labute approximate surface area is 137 Å². The number of carbonyl (C=O) groups is 1. The fraction of sp³-hybridized carbons (Fsp3) is 0.526. The smallest absolute Gasteiger partial charge is 0.410 e. The van der Waals surface area contributed by atoms with E-state index in [1.54, 1.807) is 17.0 Å². The summed E-state index contributed by atoms with van der Waals surface area (Å²) in [4.78, 5) is 13.7. The number of phenolic OH excluding ortho intramolecular Hbond substituents is 1. The maximum Gasteiger partial charge on any atom is 0.410 e. The summed E-state index contributed by atoms with van der Waals surface area (Å²) in [5, 5.41) is 9.25. The number of carbonyl (C=O) groups excluding carboxylic acids is 1. The number of hydrogen-bond acceptors (Lipinski definition) is 3. The lowest BCUT2D eigenvalue weighted by atomic mass is 9.58. The molecule has 0 radical (unpaired) electrons. The van der Waals surface area contributed by atoms with Crippen LogP contribution in [0, 0.1) is 23.2 Å². The standard InChI is InChI=1S/C19H23NO3/c1-18(2,3)23-17(22)20-12-19(13-20)10-15(11-19)5-4-14-6-8-16(21)9-7-14/h6-9,15,21H,10-13H2,1-3H3. The van der Waals surface area contributed by atoms with Crippen molar-refractivity contribution < 1.29 is 14.6 Å². The van der Waals surface area contributed by atoms with Crippen molar-refractivity contribution in [2.45, 2.75) is 39.2 Å². The number of amides is 1. The SMILES string of the molecule is CC(C)(C)OC(=O)N1CC2(CC(C#Cc3ccc(O)cc3)C2)C1. The molecule has 0 atom stereocenters. The minimum atomic E-state index is -0.433. The lowest BCUT2D eigenvalue weighted by molar-refractivity contribution is -0.0832. The largest absolute Gasteiger partial charge is 0.508 e. The summed E-state index contributed by atoms with van der Waals surface area (Å²) in [7, 11) is 0. The maximum atomic E-state index is 11.9. The van der Waals surface area contributed by atoms with E-state index in [2.05, 4.69) is 11.8 Å². The van der Waals surface area contributed by atoms with Crippen molar-refractivity contribution in [3.63, 3.8) is 0 Å². The molecule has 1 aliphatic heterocycles. The summed E-state index contributed by atoms with van der Waals surface area (Å²) in [5.74, 6) is 7.12. The van der Waals surface area contributed by atoms with Crippen LogP contribution in [-0.2, 0) is 4.74 Å². The van der Waals surface area contributed by atoms with Crippen molar-refractivity contribution in [2.75, 3.05) is 13.1 Å². The van der Waals surface area contributed by atoms with Gasteiger partial charge in [-0.2, -0.15) is 0 Å². The van der Waals surface area contributed by atoms with Gasteiger partial charge in [-0.05, 0) is 57.9 Å². The lowest BCUT2D eigenvalue weighted by Gasteiger charge is -2.57. The molecule has 2 aliphatic rings. The predicted molar refractivity (Wildman–Crippen MR) is 87.9 cm³/mol. The molecule has 1 amide bonds. The van der Waals surface area contributed by atoms with E-state index >= 15 is 0 Å². The van der Waals surface area contributed by atoms with Crippen molar-refractivity contribution in [3.8, 4) is 17.6 Å². The van der Waals surface area contributed by atoms with Crippen LogP contribution in [0.2, 0.25) is 0 Å². The van der Waals surface area contributed by atoms with E-state index < -0.39 is 5.60 Å². The van der Waals surface area contributed by atoms with Crippen LogP contribution < -0.4 is 0 Å². The minimum Gasteiger partial charge on any atom is -0.508 e. The quantitative estimate of drug-likeness (QED) is 0.747. The first-order valence-electron chi connectivity index (χ1n) is 8.03. The first kappa shape index (κ1) is 15.7. The first-order chi connectivity index (χ1) is 10.7. The molecule has 1 aromatic carbocycles. The molecule has 1 saturated heterocycles. The number of nitrogens with zero attached hydrogens (tertiary/aromatic N) is 1. The minimum absolute atomic E-state index is 0.207. The Morgan fingerprint density at radius 2 is 1.87 bits per heavy atom. The Morgan fingerprint density at radius 1 is 1.26 bits per heavy atom. The van der Waals surface area contributed by atoms with Crippen LogP contribution in [0.15, 0.2) is 24.3 Å². The van der Waals surface area contributed by atoms with Crippen LogP contribution in [0.4, 0.5) is 4.79 Å². The van der Waals surface area contributed by atoms with E-state index in [-0.39, 0.29) is 17.3 Å². The fourth-order valence-electron chi connectivity index (χ4n) is 3.30. The number of rotatable bonds is 0. The molecule has 3 rings (SSSR count). The summed E-state index contributed by atoms with van der Waals surface area (Å²) in [6.07, 6.45) is 1.90. The van der Waals surface area contributed by atoms with Crippen LogP contribution in [0.5, 0.6) is 5.75 Å². The van der Waals surface area contributed by atoms with E-state index in [4.69, 9.17) is 4.74 Å². The first-order valence-corrected chi connectivity index (χ1v) is 8.03. The molecule has 1 aromatic rings. The normalized spacial score (nSPS) is 19.3. The van der Waals surface area contributed by atoms with Crippen molar-refractivity contribution >= 4 is 6.09 Å². The van der Waals surface area contributed by atoms with E-state index in [1.807, 2.05) is 32.9 Å². The Kier molecular flexibility index (Phi) is 3.75. The monoisotopic (exact) mass is 313 g/mol. The summed E-state index contributed by atoms with van der Waals surface area (Å²) in [5.41, 5.74) is 0.760. The Hall–Kier alpha value is -2.15. The number of ether oxygens (including phenoxy) is 1. The lowest BCUT2D eigenvalue weighted by Crippen LogP contribution is -2.64. The van der Waals surface area contributed by atoms with Gasteiger partial charge in [0.25, 0.3) is 0 Å². The highest BCUT2D eigenvalue weighted by molar-refractivity contribution is 5.69. The molecule has 1 aliphatic carbocycles. The van der Waals surface area contributed by atoms with E-state index in [1.165, 1.54) is 0 Å².